The summed E-state index contributed by atoms with van der Waals surface area (Å²) in [6.45, 7) is 5.51. The molecule has 0 N–H and O–H groups in total. The molecule has 148 valence electrons. The summed E-state index contributed by atoms with van der Waals surface area (Å²) < 4.78 is 17.2. The lowest BCUT2D eigenvalue weighted by Gasteiger charge is -2.39. The monoisotopic (exact) mass is 390 g/mol. The number of fused-ring (bicyclic) bond motifs is 2. The Morgan fingerprint density at radius 1 is 1.14 bits per heavy atom. The minimum atomic E-state index is -0.724. The molecule has 0 amide bonds. The SMILES string of the molecule is C/C(=C\c1ccccc1)C(=O)O[C@H]1Cc2cc3ccc(=O)oc3cc2OC1(C)C. The highest BCUT2D eigenvalue weighted by atomic mass is 16.6. The van der Waals surface area contributed by atoms with Gasteiger partial charge in [0, 0.05) is 29.5 Å². The summed E-state index contributed by atoms with van der Waals surface area (Å²) in [5, 5.41) is 0.803. The van der Waals surface area contributed by atoms with E-state index in [0.717, 1.165) is 16.5 Å². The van der Waals surface area contributed by atoms with Crippen molar-refractivity contribution in [3.63, 3.8) is 0 Å². The number of carbonyl (C=O) groups excluding carboxylic acids is 1. The molecule has 1 aliphatic rings. The fourth-order valence-corrected chi connectivity index (χ4v) is 3.46. The van der Waals surface area contributed by atoms with Gasteiger partial charge in [-0.25, -0.2) is 9.59 Å². The average Bonchev–Trinajstić information content (AvgIpc) is 2.67. The number of benzene rings is 2. The van der Waals surface area contributed by atoms with Gasteiger partial charge >= 0.3 is 11.6 Å². The van der Waals surface area contributed by atoms with Gasteiger partial charge in [-0.1, -0.05) is 30.3 Å². The molecule has 0 aliphatic carbocycles. The average molecular weight is 390 g/mol. The molecule has 2 heterocycles. The Morgan fingerprint density at radius 3 is 2.66 bits per heavy atom. The molecular weight excluding hydrogens is 368 g/mol. The summed E-state index contributed by atoms with van der Waals surface area (Å²) in [4.78, 5) is 24.1. The smallest absolute Gasteiger partial charge is 0.336 e. The first-order chi connectivity index (χ1) is 13.8. The van der Waals surface area contributed by atoms with Crippen molar-refractivity contribution in [2.24, 2.45) is 0 Å². The van der Waals surface area contributed by atoms with Crippen molar-refractivity contribution in [1.29, 1.82) is 0 Å². The second-order valence-corrected chi connectivity index (χ2v) is 7.79. The molecule has 0 spiro atoms. The normalized spacial score (nSPS) is 18.0. The molecule has 0 radical (unpaired) electrons. The molecule has 2 aromatic carbocycles. The minimum Gasteiger partial charge on any atom is -0.484 e. The number of esters is 1. The maximum Gasteiger partial charge on any atom is 0.336 e. The van der Waals surface area contributed by atoms with Gasteiger partial charge in [-0.15, -0.1) is 0 Å². The highest BCUT2D eigenvalue weighted by Crippen LogP contribution is 2.37. The molecule has 5 nitrogen and oxygen atoms in total. The quantitative estimate of drug-likeness (QED) is 0.374. The number of hydrogen-bond donors (Lipinski definition) is 0. The Labute approximate surface area is 168 Å². The zero-order valence-corrected chi connectivity index (χ0v) is 16.6. The molecule has 3 aromatic rings. The van der Waals surface area contributed by atoms with Gasteiger partial charge in [-0.3, -0.25) is 0 Å². The standard InChI is InChI=1S/C24H22O5/c1-15(11-16-7-5-4-6-8-16)23(26)28-21-13-18-12-17-9-10-22(25)27-19(17)14-20(18)29-24(21,2)3/h4-12,14,21H,13H2,1-3H3/b15-11+/t21-/m0/s1. The molecular formula is C24H22O5. The van der Waals surface area contributed by atoms with Crippen LogP contribution in [0.2, 0.25) is 0 Å². The molecule has 0 saturated carbocycles. The van der Waals surface area contributed by atoms with Crippen LogP contribution in [0, 0.1) is 0 Å². The third-order valence-corrected chi connectivity index (χ3v) is 5.11. The van der Waals surface area contributed by atoms with Crippen molar-refractivity contribution in [3.8, 4) is 5.75 Å². The maximum atomic E-state index is 12.7. The molecule has 0 fully saturated rings. The van der Waals surface area contributed by atoms with Gasteiger partial charge < -0.3 is 13.9 Å². The number of carbonyl (C=O) groups is 1. The van der Waals surface area contributed by atoms with Crippen LogP contribution >= 0.6 is 0 Å². The van der Waals surface area contributed by atoms with E-state index in [1.807, 2.05) is 56.3 Å². The van der Waals surface area contributed by atoms with E-state index >= 15 is 0 Å². The Balaban J connectivity index is 1.59. The predicted molar refractivity (Wildman–Crippen MR) is 111 cm³/mol. The third-order valence-electron chi connectivity index (χ3n) is 5.11. The van der Waals surface area contributed by atoms with E-state index in [1.165, 1.54) is 6.07 Å². The van der Waals surface area contributed by atoms with Crippen LogP contribution in [0.1, 0.15) is 31.9 Å². The maximum absolute atomic E-state index is 12.7. The predicted octanol–water partition coefficient (Wildman–Crippen LogP) is 4.52. The molecule has 29 heavy (non-hydrogen) atoms. The second kappa shape index (κ2) is 7.24. The van der Waals surface area contributed by atoms with Crippen molar-refractivity contribution in [2.45, 2.75) is 38.9 Å². The van der Waals surface area contributed by atoms with Crippen LogP contribution < -0.4 is 10.4 Å². The Hall–Kier alpha value is -3.34. The van der Waals surface area contributed by atoms with Gasteiger partial charge in [0.2, 0.25) is 0 Å². The van der Waals surface area contributed by atoms with Gasteiger partial charge in [0.05, 0.1) is 0 Å². The van der Waals surface area contributed by atoms with Crippen LogP contribution in [0.4, 0.5) is 0 Å². The molecule has 4 rings (SSSR count). The van der Waals surface area contributed by atoms with E-state index in [1.54, 1.807) is 19.1 Å². The molecule has 0 bridgehead atoms. The van der Waals surface area contributed by atoms with Gasteiger partial charge in [0.15, 0.2) is 0 Å². The van der Waals surface area contributed by atoms with Crippen molar-refractivity contribution in [1.82, 2.24) is 0 Å². The van der Waals surface area contributed by atoms with Crippen LogP contribution in [0.25, 0.3) is 17.0 Å². The van der Waals surface area contributed by atoms with E-state index in [-0.39, 0.29) is 5.97 Å². The largest absolute Gasteiger partial charge is 0.484 e. The zero-order chi connectivity index (χ0) is 20.6. The van der Waals surface area contributed by atoms with Crippen LogP contribution in [0.5, 0.6) is 5.75 Å². The molecule has 1 aliphatic heterocycles. The summed E-state index contributed by atoms with van der Waals surface area (Å²) in [5.74, 6) is 0.270. The lowest BCUT2D eigenvalue weighted by molar-refractivity contribution is -0.156. The number of ether oxygens (including phenoxy) is 2. The van der Waals surface area contributed by atoms with Crippen molar-refractivity contribution in [3.05, 3.63) is 81.7 Å². The number of rotatable bonds is 3. The second-order valence-electron chi connectivity index (χ2n) is 7.79. The van der Waals surface area contributed by atoms with Gasteiger partial charge in [0.25, 0.3) is 0 Å². The first kappa shape index (κ1) is 19.0. The Morgan fingerprint density at radius 2 is 1.90 bits per heavy atom. The topological polar surface area (TPSA) is 65.7 Å². The molecule has 1 atom stereocenters. The van der Waals surface area contributed by atoms with E-state index in [4.69, 9.17) is 13.9 Å². The van der Waals surface area contributed by atoms with Gasteiger partial charge in [-0.05, 0) is 50.1 Å². The fourth-order valence-electron chi connectivity index (χ4n) is 3.46. The van der Waals surface area contributed by atoms with Crippen molar-refractivity contribution in [2.75, 3.05) is 0 Å². The van der Waals surface area contributed by atoms with E-state index in [0.29, 0.717) is 23.3 Å². The summed E-state index contributed by atoms with van der Waals surface area (Å²) in [6, 6.07) is 16.4. The molecule has 1 aromatic heterocycles. The first-order valence-corrected chi connectivity index (χ1v) is 9.52. The van der Waals surface area contributed by atoms with Crippen LogP contribution in [-0.2, 0) is 16.0 Å². The first-order valence-electron chi connectivity index (χ1n) is 9.52. The van der Waals surface area contributed by atoms with Gasteiger partial charge in [0.1, 0.15) is 23.0 Å². The van der Waals surface area contributed by atoms with Crippen LogP contribution in [0.15, 0.2) is 69.4 Å². The van der Waals surface area contributed by atoms with Crippen LogP contribution in [0.3, 0.4) is 0 Å². The fraction of sp³-hybridized carbons (Fsp3) is 0.250. The van der Waals surface area contributed by atoms with E-state index in [9.17, 15) is 9.59 Å². The summed E-state index contributed by atoms with van der Waals surface area (Å²) in [5.41, 5.74) is 1.73. The van der Waals surface area contributed by atoms with Crippen molar-refractivity contribution >= 4 is 23.0 Å². The Kier molecular flexibility index (Phi) is 4.74. The zero-order valence-electron chi connectivity index (χ0n) is 16.6. The lowest BCUT2D eigenvalue weighted by atomic mass is 9.90. The molecule has 0 saturated heterocycles. The van der Waals surface area contributed by atoms with Gasteiger partial charge in [-0.2, -0.15) is 0 Å². The summed E-state index contributed by atoms with van der Waals surface area (Å²) in [7, 11) is 0. The van der Waals surface area contributed by atoms with E-state index < -0.39 is 17.3 Å². The summed E-state index contributed by atoms with van der Waals surface area (Å²) in [6.07, 6.45) is 1.87. The minimum absolute atomic E-state index is 0.370. The molecule has 0 unspecified atom stereocenters. The van der Waals surface area contributed by atoms with E-state index in [2.05, 4.69) is 0 Å². The van der Waals surface area contributed by atoms with Crippen molar-refractivity contribution < 1.29 is 18.7 Å². The summed E-state index contributed by atoms with van der Waals surface area (Å²) >= 11 is 0. The highest BCUT2D eigenvalue weighted by Gasteiger charge is 2.40. The number of hydrogen-bond acceptors (Lipinski definition) is 5. The Bertz CT molecular complexity index is 1150. The lowest BCUT2D eigenvalue weighted by Crippen LogP contribution is -2.48. The third kappa shape index (κ3) is 3.94. The molecule has 5 heteroatoms. The highest BCUT2D eigenvalue weighted by molar-refractivity contribution is 5.93. The van der Waals surface area contributed by atoms with Crippen LogP contribution in [-0.4, -0.2) is 17.7 Å².